The molecular weight excluding hydrogens is 379 g/mol. The van der Waals surface area contributed by atoms with Crippen molar-refractivity contribution in [2.24, 2.45) is 0 Å². The van der Waals surface area contributed by atoms with Crippen LogP contribution in [0.2, 0.25) is 5.02 Å². The lowest BCUT2D eigenvalue weighted by atomic mass is 10.1. The normalized spacial score (nSPS) is 14.8. The van der Waals surface area contributed by atoms with E-state index in [0.717, 1.165) is 18.2 Å². The molecule has 0 radical (unpaired) electrons. The number of carboxylic acid groups (broad SMARTS) is 1. The number of carbonyl (C=O) groups is 2. The van der Waals surface area contributed by atoms with Crippen LogP contribution in [0, 0.1) is 0 Å². The van der Waals surface area contributed by atoms with Gasteiger partial charge in [0.25, 0.3) is 5.91 Å². The number of aliphatic carboxylic acids is 1. The number of benzene rings is 1. The van der Waals surface area contributed by atoms with E-state index in [1.807, 2.05) is 0 Å². The van der Waals surface area contributed by atoms with Crippen LogP contribution in [-0.2, 0) is 19.4 Å². The molecule has 1 atom stereocenters. The molecule has 0 bridgehead atoms. The molecule has 0 spiro atoms. The number of nitrogens with one attached hydrogen (secondary N) is 1. The Labute approximate surface area is 139 Å². The maximum Gasteiger partial charge on any atom is 0.426 e. The summed E-state index contributed by atoms with van der Waals surface area (Å²) in [6, 6.07) is 2.52. The molecule has 1 amide bonds. The quantitative estimate of drug-likeness (QED) is 0.701. The van der Waals surface area contributed by atoms with E-state index >= 15 is 0 Å². The highest BCUT2D eigenvalue weighted by molar-refractivity contribution is 7.92. The van der Waals surface area contributed by atoms with Crippen molar-refractivity contribution >= 4 is 39.0 Å². The first-order valence-electron chi connectivity index (χ1n) is 6.03. The number of halogens is 4. The average Bonchev–Trinajstić information content (AvgIpc) is 2.37. The van der Waals surface area contributed by atoms with E-state index in [1.165, 1.54) is 0 Å². The summed E-state index contributed by atoms with van der Waals surface area (Å²) in [4.78, 5) is 21.5. The summed E-state index contributed by atoms with van der Waals surface area (Å²) < 4.78 is 61.1. The van der Waals surface area contributed by atoms with Crippen LogP contribution in [0.1, 0.15) is 6.92 Å². The maximum atomic E-state index is 12.6. The Morgan fingerprint density at radius 2 is 1.83 bits per heavy atom. The zero-order chi connectivity index (χ0) is 18.9. The summed E-state index contributed by atoms with van der Waals surface area (Å²) >= 11 is 5.69. The second-order valence-corrected chi connectivity index (χ2v) is 7.22. The molecule has 1 unspecified atom stereocenters. The van der Waals surface area contributed by atoms with Gasteiger partial charge in [-0.05, 0) is 25.1 Å². The Bertz CT molecular complexity index is 775. The molecular formula is C12H11ClF3NO6S. The van der Waals surface area contributed by atoms with Crippen LogP contribution in [0.5, 0.6) is 0 Å². The number of hydrogen-bond acceptors (Lipinski definition) is 5. The molecule has 0 aliphatic rings. The van der Waals surface area contributed by atoms with Crippen LogP contribution in [0.4, 0.5) is 18.9 Å². The van der Waals surface area contributed by atoms with Crippen molar-refractivity contribution in [2.75, 3.05) is 11.1 Å². The second-order valence-electron chi connectivity index (χ2n) is 4.82. The summed E-state index contributed by atoms with van der Waals surface area (Å²) in [6.07, 6.45) is -5.24. The Morgan fingerprint density at radius 1 is 1.29 bits per heavy atom. The van der Waals surface area contributed by atoms with Crippen molar-refractivity contribution in [1.29, 1.82) is 0 Å². The molecule has 0 heterocycles. The molecule has 134 valence electrons. The van der Waals surface area contributed by atoms with E-state index in [-0.39, 0.29) is 12.6 Å². The highest BCUT2D eigenvalue weighted by Crippen LogP contribution is 2.32. The van der Waals surface area contributed by atoms with Gasteiger partial charge in [-0.3, -0.25) is 9.59 Å². The minimum atomic E-state index is -5.24. The third-order valence-electron chi connectivity index (χ3n) is 2.86. The van der Waals surface area contributed by atoms with Gasteiger partial charge in [-0.15, -0.1) is 0 Å². The maximum absolute atomic E-state index is 12.6. The molecule has 24 heavy (non-hydrogen) atoms. The Balaban J connectivity index is 3.10. The van der Waals surface area contributed by atoms with Crippen LogP contribution in [-0.4, -0.2) is 48.0 Å². The minimum absolute atomic E-state index is 0.238. The fourth-order valence-corrected chi connectivity index (χ4v) is 2.77. The standard InChI is InChI=1S/C12H11ClF3NO6S/c1-11(21,12(14,15)16)10(20)17-8-3-2-6(4-7(8)13)24(22,23)5-9(18)19/h2-4,21H,5H2,1H3,(H,17,20)(H,18,19). The summed E-state index contributed by atoms with van der Waals surface area (Å²) in [5.74, 6) is -4.64. The van der Waals surface area contributed by atoms with E-state index in [0.29, 0.717) is 0 Å². The Hall–Kier alpha value is -1.85. The van der Waals surface area contributed by atoms with Gasteiger partial charge in [0, 0.05) is 0 Å². The predicted molar refractivity (Wildman–Crippen MR) is 76.4 cm³/mol. The number of aliphatic hydroxyl groups is 1. The predicted octanol–water partition coefficient (Wildman–Crippen LogP) is 1.45. The first-order chi connectivity index (χ1) is 10.7. The average molecular weight is 390 g/mol. The van der Waals surface area contributed by atoms with Crippen LogP contribution in [0.15, 0.2) is 23.1 Å². The summed E-state index contributed by atoms with van der Waals surface area (Å²) in [5, 5.41) is 19.0. The number of rotatable bonds is 5. The van der Waals surface area contributed by atoms with Gasteiger partial charge in [-0.2, -0.15) is 13.2 Å². The van der Waals surface area contributed by atoms with Gasteiger partial charge < -0.3 is 15.5 Å². The fourth-order valence-electron chi connectivity index (χ4n) is 1.41. The second kappa shape index (κ2) is 6.57. The van der Waals surface area contributed by atoms with E-state index < -0.39 is 49.2 Å². The van der Waals surface area contributed by atoms with Crippen LogP contribution in [0.3, 0.4) is 0 Å². The van der Waals surface area contributed by atoms with Crippen LogP contribution < -0.4 is 5.32 Å². The van der Waals surface area contributed by atoms with Gasteiger partial charge in [0.2, 0.25) is 5.60 Å². The van der Waals surface area contributed by atoms with Crippen LogP contribution in [0.25, 0.3) is 0 Å². The minimum Gasteiger partial charge on any atom is -0.480 e. The van der Waals surface area contributed by atoms with Gasteiger partial charge in [0.15, 0.2) is 15.6 Å². The molecule has 0 saturated heterocycles. The van der Waals surface area contributed by atoms with E-state index in [9.17, 15) is 36.3 Å². The van der Waals surface area contributed by atoms with Crippen molar-refractivity contribution in [1.82, 2.24) is 0 Å². The number of sulfone groups is 1. The fraction of sp³-hybridized carbons (Fsp3) is 0.333. The largest absolute Gasteiger partial charge is 0.480 e. The molecule has 12 heteroatoms. The Kier molecular flexibility index (Phi) is 5.53. The molecule has 0 aromatic heterocycles. The van der Waals surface area contributed by atoms with E-state index in [1.54, 1.807) is 5.32 Å². The molecule has 0 aliphatic heterocycles. The zero-order valence-electron chi connectivity index (χ0n) is 11.9. The third kappa shape index (κ3) is 4.36. The topological polar surface area (TPSA) is 121 Å². The van der Waals surface area contributed by atoms with Gasteiger partial charge in [-0.1, -0.05) is 11.6 Å². The van der Waals surface area contributed by atoms with Crippen molar-refractivity contribution in [2.45, 2.75) is 23.6 Å². The summed E-state index contributed by atoms with van der Waals surface area (Å²) in [7, 11) is -4.20. The highest BCUT2D eigenvalue weighted by Gasteiger charge is 2.55. The molecule has 0 saturated carbocycles. The van der Waals surface area contributed by atoms with E-state index in [4.69, 9.17) is 16.7 Å². The molecule has 0 fully saturated rings. The van der Waals surface area contributed by atoms with E-state index in [2.05, 4.69) is 0 Å². The van der Waals surface area contributed by atoms with Gasteiger partial charge in [-0.25, -0.2) is 8.42 Å². The molecule has 1 aromatic carbocycles. The lowest BCUT2D eigenvalue weighted by Gasteiger charge is -2.25. The number of carbonyl (C=O) groups excluding carboxylic acids is 1. The van der Waals surface area contributed by atoms with Gasteiger partial charge in [0.05, 0.1) is 15.6 Å². The summed E-state index contributed by atoms with van der Waals surface area (Å²) in [5.41, 5.74) is -4.08. The lowest BCUT2D eigenvalue weighted by molar-refractivity contribution is -0.242. The molecule has 7 nitrogen and oxygen atoms in total. The molecule has 3 N–H and O–H groups in total. The summed E-state index contributed by atoms with van der Waals surface area (Å²) in [6.45, 7) is 0.238. The number of hydrogen-bond donors (Lipinski definition) is 3. The van der Waals surface area contributed by atoms with Crippen LogP contribution >= 0.6 is 11.6 Å². The molecule has 1 rings (SSSR count). The van der Waals surface area contributed by atoms with Crippen molar-refractivity contribution < 1.29 is 41.4 Å². The molecule has 0 aliphatic carbocycles. The first-order valence-corrected chi connectivity index (χ1v) is 8.06. The SMILES string of the molecule is CC(O)(C(=O)Nc1ccc(S(=O)(=O)CC(=O)O)cc1Cl)C(F)(F)F. The monoisotopic (exact) mass is 389 g/mol. The number of alkyl halides is 3. The van der Waals surface area contributed by atoms with Crippen molar-refractivity contribution in [3.63, 3.8) is 0 Å². The number of anilines is 1. The molecule has 1 aromatic rings. The third-order valence-corrected chi connectivity index (χ3v) is 4.77. The van der Waals surface area contributed by atoms with Crippen molar-refractivity contribution in [3.8, 4) is 0 Å². The smallest absolute Gasteiger partial charge is 0.426 e. The van der Waals surface area contributed by atoms with Gasteiger partial charge >= 0.3 is 12.1 Å². The highest BCUT2D eigenvalue weighted by atomic mass is 35.5. The van der Waals surface area contributed by atoms with Gasteiger partial charge in [0.1, 0.15) is 0 Å². The zero-order valence-corrected chi connectivity index (χ0v) is 13.5. The lowest BCUT2D eigenvalue weighted by Crippen LogP contribution is -2.52. The number of amides is 1. The first kappa shape index (κ1) is 20.2. The van der Waals surface area contributed by atoms with Crippen molar-refractivity contribution in [3.05, 3.63) is 23.2 Å². The Morgan fingerprint density at radius 3 is 2.25 bits per heavy atom. The number of carboxylic acids is 1.